The Morgan fingerprint density at radius 1 is 1.50 bits per heavy atom. The molecule has 72 valence electrons. The Morgan fingerprint density at radius 2 is 2.29 bits per heavy atom. The number of hydrogen-bond donors (Lipinski definition) is 1. The second-order valence-electron chi connectivity index (χ2n) is 3.28. The lowest BCUT2D eigenvalue weighted by Crippen LogP contribution is -1.99. The van der Waals surface area contributed by atoms with E-state index in [1.807, 2.05) is 25.1 Å². The normalized spacial score (nSPS) is 10.6. The summed E-state index contributed by atoms with van der Waals surface area (Å²) in [6.07, 6.45) is 1.53. The highest BCUT2D eigenvalue weighted by atomic mass is 16.4. The average Bonchev–Trinajstić information content (AvgIpc) is 2.49. The maximum Gasteiger partial charge on any atom is 0.307 e. The third kappa shape index (κ3) is 1.37. The number of rotatable bonds is 2. The lowest BCUT2D eigenvalue weighted by molar-refractivity contribution is -0.136. The Labute approximate surface area is 81.0 Å². The Balaban J connectivity index is 2.61. The zero-order valence-electron chi connectivity index (χ0n) is 7.78. The maximum atomic E-state index is 10.6. The van der Waals surface area contributed by atoms with Crippen LogP contribution in [-0.4, -0.2) is 11.1 Å². The van der Waals surface area contributed by atoms with Gasteiger partial charge in [0.05, 0.1) is 12.7 Å². The van der Waals surface area contributed by atoms with Crippen molar-refractivity contribution >= 4 is 16.9 Å². The van der Waals surface area contributed by atoms with Crippen LogP contribution in [0.5, 0.6) is 0 Å². The van der Waals surface area contributed by atoms with Crippen LogP contribution in [0.15, 0.2) is 28.9 Å². The van der Waals surface area contributed by atoms with Crippen LogP contribution in [0.25, 0.3) is 11.0 Å². The third-order valence-corrected chi connectivity index (χ3v) is 2.23. The summed E-state index contributed by atoms with van der Waals surface area (Å²) in [5, 5.41) is 9.62. The second kappa shape index (κ2) is 3.18. The highest BCUT2D eigenvalue weighted by Crippen LogP contribution is 2.24. The van der Waals surface area contributed by atoms with Crippen molar-refractivity contribution in [3.05, 3.63) is 35.6 Å². The lowest BCUT2D eigenvalue weighted by atomic mass is 10.1. The smallest absolute Gasteiger partial charge is 0.307 e. The van der Waals surface area contributed by atoms with E-state index in [0.29, 0.717) is 0 Å². The minimum atomic E-state index is -0.837. The van der Waals surface area contributed by atoms with E-state index >= 15 is 0 Å². The summed E-state index contributed by atoms with van der Waals surface area (Å²) in [5.74, 6) is -0.837. The number of aliphatic carboxylic acids is 1. The summed E-state index contributed by atoms with van der Waals surface area (Å²) in [6, 6.07) is 5.68. The second-order valence-corrected chi connectivity index (χ2v) is 3.28. The van der Waals surface area contributed by atoms with Crippen LogP contribution in [0.2, 0.25) is 0 Å². The maximum absolute atomic E-state index is 10.6. The number of fused-ring (bicyclic) bond motifs is 1. The van der Waals surface area contributed by atoms with Crippen molar-refractivity contribution in [1.82, 2.24) is 0 Å². The molecule has 1 aromatic carbocycles. The van der Waals surface area contributed by atoms with Gasteiger partial charge in [0.2, 0.25) is 0 Å². The summed E-state index contributed by atoms with van der Waals surface area (Å²) in [6.45, 7) is 1.95. The standard InChI is InChI=1S/C11H10O3/c1-7-3-2-4-9-11(7)8(6-14-9)5-10(12)13/h2-4,6H,5H2,1H3,(H,12,13). The van der Waals surface area contributed by atoms with Gasteiger partial charge >= 0.3 is 5.97 Å². The number of benzene rings is 1. The highest BCUT2D eigenvalue weighted by Gasteiger charge is 2.10. The quantitative estimate of drug-likeness (QED) is 0.790. The molecule has 1 heterocycles. The summed E-state index contributed by atoms with van der Waals surface area (Å²) >= 11 is 0. The van der Waals surface area contributed by atoms with E-state index in [2.05, 4.69) is 0 Å². The molecule has 0 atom stereocenters. The molecule has 0 saturated carbocycles. The molecule has 0 saturated heterocycles. The molecule has 0 bridgehead atoms. The van der Waals surface area contributed by atoms with Gasteiger partial charge in [0.15, 0.2) is 0 Å². The molecule has 0 aliphatic rings. The molecular weight excluding hydrogens is 180 g/mol. The summed E-state index contributed by atoms with van der Waals surface area (Å²) in [7, 11) is 0. The number of carboxylic acids is 1. The van der Waals surface area contributed by atoms with Crippen molar-refractivity contribution in [3.8, 4) is 0 Å². The van der Waals surface area contributed by atoms with Crippen molar-refractivity contribution in [3.63, 3.8) is 0 Å². The minimum Gasteiger partial charge on any atom is -0.481 e. The summed E-state index contributed by atoms with van der Waals surface area (Å²) in [5.41, 5.74) is 2.54. The molecule has 0 aliphatic heterocycles. The zero-order chi connectivity index (χ0) is 10.1. The van der Waals surface area contributed by atoms with Crippen LogP contribution in [0, 0.1) is 6.92 Å². The zero-order valence-corrected chi connectivity index (χ0v) is 7.78. The molecule has 3 heteroatoms. The summed E-state index contributed by atoms with van der Waals surface area (Å²) in [4.78, 5) is 10.6. The Morgan fingerprint density at radius 3 is 3.00 bits per heavy atom. The summed E-state index contributed by atoms with van der Waals surface area (Å²) < 4.78 is 5.27. The fourth-order valence-electron chi connectivity index (χ4n) is 1.64. The monoisotopic (exact) mass is 190 g/mol. The first-order valence-electron chi connectivity index (χ1n) is 4.36. The van der Waals surface area contributed by atoms with Crippen LogP contribution >= 0.6 is 0 Å². The van der Waals surface area contributed by atoms with Crippen LogP contribution in [-0.2, 0) is 11.2 Å². The van der Waals surface area contributed by atoms with Crippen molar-refractivity contribution in [2.45, 2.75) is 13.3 Å². The molecule has 0 fully saturated rings. The number of aryl methyl sites for hydroxylation is 1. The van der Waals surface area contributed by atoms with E-state index in [4.69, 9.17) is 9.52 Å². The fourth-order valence-corrected chi connectivity index (χ4v) is 1.64. The largest absolute Gasteiger partial charge is 0.481 e. The van der Waals surface area contributed by atoms with E-state index in [-0.39, 0.29) is 6.42 Å². The minimum absolute atomic E-state index is 0.0118. The van der Waals surface area contributed by atoms with E-state index in [1.54, 1.807) is 0 Å². The molecular formula is C11H10O3. The number of carboxylic acid groups (broad SMARTS) is 1. The Hall–Kier alpha value is -1.77. The first-order valence-corrected chi connectivity index (χ1v) is 4.36. The first kappa shape index (κ1) is 8.81. The van der Waals surface area contributed by atoms with Gasteiger partial charge in [0.1, 0.15) is 5.58 Å². The fraction of sp³-hybridized carbons (Fsp3) is 0.182. The van der Waals surface area contributed by atoms with Crippen molar-refractivity contribution in [2.75, 3.05) is 0 Å². The molecule has 14 heavy (non-hydrogen) atoms. The Kier molecular flexibility index (Phi) is 2.00. The van der Waals surface area contributed by atoms with Crippen molar-refractivity contribution in [1.29, 1.82) is 0 Å². The van der Waals surface area contributed by atoms with E-state index in [9.17, 15) is 4.79 Å². The molecule has 0 unspecified atom stereocenters. The van der Waals surface area contributed by atoms with Gasteiger partial charge in [-0.05, 0) is 18.6 Å². The SMILES string of the molecule is Cc1cccc2occ(CC(=O)O)c12. The van der Waals surface area contributed by atoms with Gasteiger partial charge in [-0.3, -0.25) is 4.79 Å². The van der Waals surface area contributed by atoms with Gasteiger partial charge < -0.3 is 9.52 Å². The van der Waals surface area contributed by atoms with Gasteiger partial charge in [0.25, 0.3) is 0 Å². The predicted molar refractivity (Wildman–Crippen MR) is 52.3 cm³/mol. The molecule has 3 nitrogen and oxygen atoms in total. The third-order valence-electron chi connectivity index (χ3n) is 2.23. The molecule has 2 rings (SSSR count). The molecule has 0 spiro atoms. The van der Waals surface area contributed by atoms with Crippen LogP contribution in [0.4, 0.5) is 0 Å². The van der Waals surface area contributed by atoms with Gasteiger partial charge in [-0.2, -0.15) is 0 Å². The van der Waals surface area contributed by atoms with E-state index < -0.39 is 5.97 Å². The van der Waals surface area contributed by atoms with E-state index in [1.165, 1.54) is 6.26 Å². The number of hydrogen-bond acceptors (Lipinski definition) is 2. The van der Waals surface area contributed by atoms with Gasteiger partial charge in [0, 0.05) is 10.9 Å². The average molecular weight is 190 g/mol. The van der Waals surface area contributed by atoms with Gasteiger partial charge in [-0.1, -0.05) is 12.1 Å². The van der Waals surface area contributed by atoms with Crippen LogP contribution in [0.1, 0.15) is 11.1 Å². The lowest BCUT2D eigenvalue weighted by Gasteiger charge is -1.96. The molecule has 1 aromatic heterocycles. The van der Waals surface area contributed by atoms with Crippen LogP contribution in [0.3, 0.4) is 0 Å². The Bertz CT molecular complexity index is 482. The molecule has 1 N–H and O–H groups in total. The predicted octanol–water partition coefficient (Wildman–Crippen LogP) is 2.37. The molecule has 0 radical (unpaired) electrons. The first-order chi connectivity index (χ1) is 6.68. The topological polar surface area (TPSA) is 50.4 Å². The molecule has 0 aliphatic carbocycles. The number of carbonyl (C=O) groups is 1. The van der Waals surface area contributed by atoms with Gasteiger partial charge in [-0.15, -0.1) is 0 Å². The van der Waals surface area contributed by atoms with E-state index in [0.717, 1.165) is 22.1 Å². The van der Waals surface area contributed by atoms with Gasteiger partial charge in [-0.25, -0.2) is 0 Å². The van der Waals surface area contributed by atoms with Crippen LogP contribution < -0.4 is 0 Å². The number of furan rings is 1. The van der Waals surface area contributed by atoms with Crippen molar-refractivity contribution in [2.24, 2.45) is 0 Å². The molecule has 2 aromatic rings. The molecule has 0 amide bonds. The van der Waals surface area contributed by atoms with Crippen molar-refractivity contribution < 1.29 is 14.3 Å². The highest BCUT2D eigenvalue weighted by molar-refractivity contribution is 5.87.